The molecule has 3 aromatic carbocycles. The molecule has 0 bridgehead atoms. The van der Waals surface area contributed by atoms with Crippen LogP contribution in [0.2, 0.25) is 0 Å². The summed E-state index contributed by atoms with van der Waals surface area (Å²) in [4.78, 5) is 4.71. The molecule has 0 saturated carbocycles. The van der Waals surface area contributed by atoms with Crippen LogP contribution in [0.25, 0.3) is 20.8 Å². The minimum atomic E-state index is 0.435. The number of para-hydroxylation sites is 1. The number of benzene rings is 3. The van der Waals surface area contributed by atoms with E-state index in [2.05, 4.69) is 13.0 Å². The zero-order chi connectivity index (χ0) is 19.3. The number of aryl methyl sites for hydroxylation is 1. The van der Waals surface area contributed by atoms with Gasteiger partial charge in [-0.05, 0) is 49.4 Å². The number of ether oxygens (including phenoxy) is 3. The van der Waals surface area contributed by atoms with Crippen molar-refractivity contribution in [3.63, 3.8) is 0 Å². The monoisotopic (exact) mass is 391 g/mol. The first-order valence-electron chi connectivity index (χ1n) is 9.09. The van der Waals surface area contributed by atoms with Crippen molar-refractivity contribution in [1.29, 1.82) is 0 Å². The average Bonchev–Trinajstić information content (AvgIpc) is 3.17. The highest BCUT2D eigenvalue weighted by Gasteiger charge is 2.11. The Morgan fingerprint density at radius 1 is 0.857 bits per heavy atom. The van der Waals surface area contributed by atoms with Gasteiger partial charge in [-0.3, -0.25) is 0 Å². The SMILES string of the molecule is COc1cc(-c2nc3ccccc3s2)ccc1OCCOc1ccc(C)cc1. The van der Waals surface area contributed by atoms with Crippen LogP contribution < -0.4 is 14.2 Å². The van der Waals surface area contributed by atoms with Crippen molar-refractivity contribution < 1.29 is 14.2 Å². The van der Waals surface area contributed by atoms with Crippen molar-refractivity contribution in [2.75, 3.05) is 20.3 Å². The van der Waals surface area contributed by atoms with Crippen LogP contribution in [-0.2, 0) is 0 Å². The Hall–Kier alpha value is -3.05. The third-order valence-corrected chi connectivity index (χ3v) is 5.42. The Balaban J connectivity index is 1.42. The summed E-state index contributed by atoms with van der Waals surface area (Å²) in [6.07, 6.45) is 0. The average molecular weight is 391 g/mol. The highest BCUT2D eigenvalue weighted by molar-refractivity contribution is 7.21. The smallest absolute Gasteiger partial charge is 0.161 e. The van der Waals surface area contributed by atoms with Gasteiger partial charge in [0.15, 0.2) is 11.5 Å². The quantitative estimate of drug-likeness (QED) is 0.377. The highest BCUT2D eigenvalue weighted by Crippen LogP contribution is 2.35. The molecule has 0 amide bonds. The van der Waals surface area contributed by atoms with Crippen molar-refractivity contribution in [2.24, 2.45) is 0 Å². The largest absolute Gasteiger partial charge is 0.493 e. The Bertz CT molecular complexity index is 1040. The molecule has 0 saturated heterocycles. The Morgan fingerprint density at radius 3 is 2.43 bits per heavy atom. The van der Waals surface area contributed by atoms with Gasteiger partial charge in [0.25, 0.3) is 0 Å². The minimum absolute atomic E-state index is 0.435. The van der Waals surface area contributed by atoms with Gasteiger partial charge in [-0.2, -0.15) is 0 Å². The number of aromatic nitrogens is 1. The maximum absolute atomic E-state index is 5.86. The van der Waals surface area contributed by atoms with E-state index in [9.17, 15) is 0 Å². The van der Waals surface area contributed by atoms with Crippen molar-refractivity contribution in [3.05, 3.63) is 72.3 Å². The lowest BCUT2D eigenvalue weighted by atomic mass is 10.2. The normalized spacial score (nSPS) is 10.8. The van der Waals surface area contributed by atoms with E-state index >= 15 is 0 Å². The molecule has 1 heterocycles. The fourth-order valence-corrected chi connectivity index (χ4v) is 3.82. The second kappa shape index (κ2) is 8.31. The number of hydrogen-bond donors (Lipinski definition) is 0. The third kappa shape index (κ3) is 4.10. The van der Waals surface area contributed by atoms with Gasteiger partial charge in [-0.15, -0.1) is 11.3 Å². The standard InChI is InChI=1S/C23H21NO3S/c1-16-7-10-18(11-8-16)26-13-14-27-20-12-9-17(15-21(20)25-2)23-24-19-5-3-4-6-22(19)28-23/h3-12,15H,13-14H2,1-2H3. The summed E-state index contributed by atoms with van der Waals surface area (Å²) >= 11 is 1.67. The lowest BCUT2D eigenvalue weighted by Gasteiger charge is -2.12. The predicted molar refractivity (Wildman–Crippen MR) is 114 cm³/mol. The summed E-state index contributed by atoms with van der Waals surface area (Å²) in [7, 11) is 1.65. The number of rotatable bonds is 7. The molecule has 4 rings (SSSR count). The molecule has 0 spiro atoms. The summed E-state index contributed by atoms with van der Waals surface area (Å²) in [5.41, 5.74) is 3.23. The van der Waals surface area contributed by atoms with Gasteiger partial charge in [0.1, 0.15) is 24.0 Å². The Morgan fingerprint density at radius 2 is 1.64 bits per heavy atom. The van der Waals surface area contributed by atoms with E-state index in [1.807, 2.05) is 60.7 Å². The van der Waals surface area contributed by atoms with E-state index in [1.54, 1.807) is 18.4 Å². The van der Waals surface area contributed by atoms with Crippen LogP contribution in [0.1, 0.15) is 5.56 Å². The maximum atomic E-state index is 5.86. The first-order valence-corrected chi connectivity index (χ1v) is 9.91. The molecule has 0 N–H and O–H groups in total. The number of nitrogens with zero attached hydrogens (tertiary/aromatic N) is 1. The van der Waals surface area contributed by atoms with E-state index in [4.69, 9.17) is 19.2 Å². The fraction of sp³-hybridized carbons (Fsp3) is 0.174. The number of thiazole rings is 1. The van der Waals surface area contributed by atoms with E-state index < -0.39 is 0 Å². The van der Waals surface area contributed by atoms with Gasteiger partial charge in [-0.25, -0.2) is 4.98 Å². The molecule has 0 unspecified atom stereocenters. The van der Waals surface area contributed by atoms with Crippen molar-refractivity contribution in [3.8, 4) is 27.8 Å². The molecule has 0 atom stereocenters. The summed E-state index contributed by atoms with van der Waals surface area (Å²) in [5.74, 6) is 2.22. The maximum Gasteiger partial charge on any atom is 0.161 e. The van der Waals surface area contributed by atoms with Crippen molar-refractivity contribution >= 4 is 21.6 Å². The van der Waals surface area contributed by atoms with Gasteiger partial charge < -0.3 is 14.2 Å². The molecular weight excluding hydrogens is 370 g/mol. The van der Waals surface area contributed by atoms with Crippen LogP contribution in [0.5, 0.6) is 17.2 Å². The van der Waals surface area contributed by atoms with Crippen LogP contribution in [0.3, 0.4) is 0 Å². The van der Waals surface area contributed by atoms with Crippen molar-refractivity contribution in [2.45, 2.75) is 6.92 Å². The van der Waals surface area contributed by atoms with E-state index in [1.165, 1.54) is 10.3 Å². The number of fused-ring (bicyclic) bond motifs is 1. The Labute approximate surface area is 168 Å². The van der Waals surface area contributed by atoms with Crippen LogP contribution in [0.4, 0.5) is 0 Å². The summed E-state index contributed by atoms with van der Waals surface area (Å²) in [6, 6.07) is 22.0. The Kier molecular flexibility index (Phi) is 5.44. The number of methoxy groups -OCH3 is 1. The molecule has 28 heavy (non-hydrogen) atoms. The molecule has 0 aliphatic carbocycles. The number of hydrogen-bond acceptors (Lipinski definition) is 5. The van der Waals surface area contributed by atoms with E-state index in [-0.39, 0.29) is 0 Å². The second-order valence-electron chi connectivity index (χ2n) is 6.36. The predicted octanol–water partition coefficient (Wildman–Crippen LogP) is 5.74. The topological polar surface area (TPSA) is 40.6 Å². The van der Waals surface area contributed by atoms with Crippen LogP contribution >= 0.6 is 11.3 Å². The molecule has 4 nitrogen and oxygen atoms in total. The summed E-state index contributed by atoms with van der Waals surface area (Å²) in [6.45, 7) is 2.95. The molecular formula is C23H21NO3S. The first kappa shape index (κ1) is 18.3. The van der Waals surface area contributed by atoms with Gasteiger partial charge >= 0.3 is 0 Å². The zero-order valence-corrected chi connectivity index (χ0v) is 16.7. The lowest BCUT2D eigenvalue weighted by molar-refractivity contribution is 0.211. The fourth-order valence-electron chi connectivity index (χ4n) is 2.86. The van der Waals surface area contributed by atoms with E-state index in [0.29, 0.717) is 24.7 Å². The molecule has 5 heteroatoms. The van der Waals surface area contributed by atoms with Gasteiger partial charge in [0, 0.05) is 5.56 Å². The summed E-state index contributed by atoms with van der Waals surface area (Å²) < 4.78 is 18.3. The first-order chi connectivity index (χ1) is 13.7. The molecule has 0 aliphatic heterocycles. The van der Waals surface area contributed by atoms with Crippen molar-refractivity contribution in [1.82, 2.24) is 4.98 Å². The minimum Gasteiger partial charge on any atom is -0.493 e. The highest BCUT2D eigenvalue weighted by atomic mass is 32.1. The molecule has 0 aliphatic rings. The van der Waals surface area contributed by atoms with Crippen LogP contribution in [0.15, 0.2) is 66.7 Å². The summed E-state index contributed by atoms with van der Waals surface area (Å²) in [5, 5.41) is 0.966. The second-order valence-corrected chi connectivity index (χ2v) is 7.39. The van der Waals surface area contributed by atoms with Gasteiger partial charge in [0.2, 0.25) is 0 Å². The zero-order valence-electron chi connectivity index (χ0n) is 15.8. The lowest BCUT2D eigenvalue weighted by Crippen LogP contribution is -2.09. The van der Waals surface area contributed by atoms with E-state index in [0.717, 1.165) is 21.8 Å². The molecule has 1 aromatic heterocycles. The molecule has 0 radical (unpaired) electrons. The molecule has 0 fully saturated rings. The van der Waals surface area contributed by atoms with Gasteiger partial charge in [0.05, 0.1) is 17.3 Å². The third-order valence-electron chi connectivity index (χ3n) is 4.34. The van der Waals surface area contributed by atoms with Gasteiger partial charge in [-0.1, -0.05) is 29.8 Å². The molecule has 4 aromatic rings. The van der Waals surface area contributed by atoms with Crippen LogP contribution in [-0.4, -0.2) is 25.3 Å². The molecule has 142 valence electrons. The van der Waals surface area contributed by atoms with Crippen LogP contribution in [0, 0.1) is 6.92 Å².